The Balaban J connectivity index is 2.43. The van der Waals surface area contributed by atoms with Gasteiger partial charge in [0.1, 0.15) is 0 Å². The van der Waals surface area contributed by atoms with Crippen molar-refractivity contribution in [3.05, 3.63) is 29.3 Å². The summed E-state index contributed by atoms with van der Waals surface area (Å²) in [6.45, 7) is 6.74. The molecular formula is C14H19N3O2S. The van der Waals surface area contributed by atoms with Crippen LogP contribution >= 0.6 is 0 Å². The van der Waals surface area contributed by atoms with Crippen molar-refractivity contribution in [2.75, 3.05) is 13.1 Å². The molecule has 1 N–H and O–H groups in total. The van der Waals surface area contributed by atoms with Crippen LogP contribution < -0.4 is 5.32 Å². The maximum atomic E-state index is 12.8. The lowest BCUT2D eigenvalue weighted by Crippen LogP contribution is -2.57. The van der Waals surface area contributed by atoms with Gasteiger partial charge in [0.05, 0.1) is 16.5 Å². The summed E-state index contributed by atoms with van der Waals surface area (Å²) in [6, 6.07) is 6.75. The Labute approximate surface area is 120 Å². The molecule has 2 unspecified atom stereocenters. The minimum Gasteiger partial charge on any atom is -0.311 e. The highest BCUT2D eigenvalue weighted by Crippen LogP contribution is 2.24. The molecule has 1 aliphatic heterocycles. The average molecular weight is 293 g/mol. The van der Waals surface area contributed by atoms with Crippen LogP contribution in [0.25, 0.3) is 0 Å². The SMILES string of the molecule is Cc1cc(C#N)ccc1S(=O)(=O)N1CCNC(C)C1C. The number of hydrogen-bond acceptors (Lipinski definition) is 4. The summed E-state index contributed by atoms with van der Waals surface area (Å²) in [5.41, 5.74) is 1.09. The second kappa shape index (κ2) is 5.52. The van der Waals surface area contributed by atoms with Crippen molar-refractivity contribution in [1.29, 1.82) is 5.26 Å². The molecule has 0 aliphatic carbocycles. The Morgan fingerprint density at radius 3 is 2.70 bits per heavy atom. The van der Waals surface area contributed by atoms with Crippen LogP contribution in [0.2, 0.25) is 0 Å². The average Bonchev–Trinajstić information content (AvgIpc) is 2.41. The van der Waals surface area contributed by atoms with Gasteiger partial charge in [0, 0.05) is 25.2 Å². The lowest BCUT2D eigenvalue weighted by atomic mass is 10.1. The van der Waals surface area contributed by atoms with Crippen molar-refractivity contribution in [1.82, 2.24) is 9.62 Å². The number of nitrogens with one attached hydrogen (secondary N) is 1. The number of piperazine rings is 1. The molecule has 20 heavy (non-hydrogen) atoms. The highest BCUT2D eigenvalue weighted by atomic mass is 32.2. The molecule has 1 aliphatic rings. The summed E-state index contributed by atoms with van der Waals surface area (Å²) < 4.78 is 27.1. The van der Waals surface area contributed by atoms with Gasteiger partial charge in [0.2, 0.25) is 10.0 Å². The standard InChI is InChI=1S/C14H19N3O2S/c1-10-8-13(9-15)4-5-14(10)20(18,19)17-7-6-16-11(2)12(17)3/h4-5,8,11-12,16H,6-7H2,1-3H3. The molecule has 0 bridgehead atoms. The lowest BCUT2D eigenvalue weighted by molar-refractivity contribution is 0.233. The number of benzene rings is 1. The zero-order valence-electron chi connectivity index (χ0n) is 11.9. The van der Waals surface area contributed by atoms with E-state index in [1.54, 1.807) is 23.4 Å². The molecule has 1 saturated heterocycles. The highest BCUT2D eigenvalue weighted by Gasteiger charge is 2.35. The van der Waals surface area contributed by atoms with Crippen LogP contribution in [-0.4, -0.2) is 37.9 Å². The summed E-state index contributed by atoms with van der Waals surface area (Å²) in [5.74, 6) is 0. The van der Waals surface area contributed by atoms with Crippen molar-refractivity contribution in [3.63, 3.8) is 0 Å². The first-order chi connectivity index (χ1) is 9.37. The van der Waals surface area contributed by atoms with Crippen LogP contribution in [0.5, 0.6) is 0 Å². The van der Waals surface area contributed by atoms with Gasteiger partial charge in [-0.25, -0.2) is 8.42 Å². The molecule has 0 amide bonds. The topological polar surface area (TPSA) is 73.2 Å². The van der Waals surface area contributed by atoms with Gasteiger partial charge in [-0.1, -0.05) is 0 Å². The molecule has 2 atom stereocenters. The molecule has 1 fully saturated rings. The zero-order valence-corrected chi connectivity index (χ0v) is 12.7. The van der Waals surface area contributed by atoms with Crippen LogP contribution in [0, 0.1) is 18.3 Å². The Hall–Kier alpha value is -1.42. The summed E-state index contributed by atoms with van der Waals surface area (Å²) in [5, 5.41) is 12.1. The first-order valence-electron chi connectivity index (χ1n) is 6.64. The lowest BCUT2D eigenvalue weighted by Gasteiger charge is -2.37. The Morgan fingerprint density at radius 2 is 2.10 bits per heavy atom. The minimum atomic E-state index is -3.52. The second-order valence-electron chi connectivity index (χ2n) is 5.19. The molecule has 0 radical (unpaired) electrons. The molecule has 0 saturated carbocycles. The molecule has 5 nitrogen and oxygen atoms in total. The van der Waals surface area contributed by atoms with E-state index in [1.807, 2.05) is 19.9 Å². The van der Waals surface area contributed by atoms with Crippen LogP contribution in [0.3, 0.4) is 0 Å². The minimum absolute atomic E-state index is 0.0937. The quantitative estimate of drug-likeness (QED) is 0.890. The van der Waals surface area contributed by atoms with E-state index in [0.717, 1.165) is 0 Å². The van der Waals surface area contributed by atoms with E-state index in [2.05, 4.69) is 5.32 Å². The van der Waals surface area contributed by atoms with Crippen molar-refractivity contribution < 1.29 is 8.42 Å². The Bertz CT molecular complexity index is 649. The van der Waals surface area contributed by atoms with E-state index in [1.165, 1.54) is 6.07 Å². The van der Waals surface area contributed by atoms with E-state index < -0.39 is 10.0 Å². The smallest absolute Gasteiger partial charge is 0.243 e. The van der Waals surface area contributed by atoms with Crippen molar-refractivity contribution in [2.45, 2.75) is 37.8 Å². The summed E-state index contributed by atoms with van der Waals surface area (Å²) >= 11 is 0. The fourth-order valence-corrected chi connectivity index (χ4v) is 4.41. The summed E-state index contributed by atoms with van der Waals surface area (Å²) in [6.07, 6.45) is 0. The Kier molecular flexibility index (Phi) is 4.14. The summed E-state index contributed by atoms with van der Waals surface area (Å²) in [7, 11) is -3.52. The van der Waals surface area contributed by atoms with Gasteiger partial charge in [-0.15, -0.1) is 0 Å². The third-order valence-electron chi connectivity index (χ3n) is 3.87. The number of aryl methyl sites for hydroxylation is 1. The Morgan fingerprint density at radius 1 is 1.40 bits per heavy atom. The van der Waals surface area contributed by atoms with Crippen molar-refractivity contribution >= 4 is 10.0 Å². The molecule has 1 heterocycles. The zero-order chi connectivity index (χ0) is 14.9. The fourth-order valence-electron chi connectivity index (χ4n) is 2.50. The number of sulfonamides is 1. The number of nitrogens with zero attached hydrogens (tertiary/aromatic N) is 2. The predicted molar refractivity (Wildman–Crippen MR) is 76.7 cm³/mol. The number of nitriles is 1. The second-order valence-corrected chi connectivity index (χ2v) is 7.05. The normalized spacial score (nSPS) is 24.3. The van der Waals surface area contributed by atoms with Gasteiger partial charge in [-0.3, -0.25) is 0 Å². The maximum absolute atomic E-state index is 12.8. The molecular weight excluding hydrogens is 274 g/mol. The fraction of sp³-hybridized carbons (Fsp3) is 0.500. The molecule has 0 aromatic heterocycles. The van der Waals surface area contributed by atoms with Crippen LogP contribution in [-0.2, 0) is 10.0 Å². The number of hydrogen-bond donors (Lipinski definition) is 1. The molecule has 6 heteroatoms. The van der Waals surface area contributed by atoms with E-state index in [9.17, 15) is 8.42 Å². The van der Waals surface area contributed by atoms with Crippen LogP contribution in [0.1, 0.15) is 25.0 Å². The predicted octanol–water partition coefficient (Wildman–Crippen LogP) is 1.24. The van der Waals surface area contributed by atoms with E-state index in [4.69, 9.17) is 5.26 Å². The van der Waals surface area contributed by atoms with Gasteiger partial charge in [0.15, 0.2) is 0 Å². The van der Waals surface area contributed by atoms with E-state index >= 15 is 0 Å². The van der Waals surface area contributed by atoms with Gasteiger partial charge >= 0.3 is 0 Å². The van der Waals surface area contributed by atoms with E-state index in [-0.39, 0.29) is 17.0 Å². The number of rotatable bonds is 2. The third-order valence-corrected chi connectivity index (χ3v) is 6.01. The van der Waals surface area contributed by atoms with Crippen molar-refractivity contribution in [2.24, 2.45) is 0 Å². The van der Waals surface area contributed by atoms with Crippen LogP contribution in [0.4, 0.5) is 0 Å². The first kappa shape index (κ1) is 15.0. The maximum Gasteiger partial charge on any atom is 0.243 e. The molecule has 1 aromatic carbocycles. The molecule has 2 rings (SSSR count). The summed E-state index contributed by atoms with van der Waals surface area (Å²) in [4.78, 5) is 0.289. The molecule has 108 valence electrons. The van der Waals surface area contributed by atoms with E-state index in [0.29, 0.717) is 24.2 Å². The molecule has 1 aromatic rings. The van der Waals surface area contributed by atoms with Gasteiger partial charge in [0.25, 0.3) is 0 Å². The first-order valence-corrected chi connectivity index (χ1v) is 8.08. The highest BCUT2D eigenvalue weighted by molar-refractivity contribution is 7.89. The monoisotopic (exact) mass is 293 g/mol. The van der Waals surface area contributed by atoms with Gasteiger partial charge in [-0.05, 0) is 44.5 Å². The molecule has 0 spiro atoms. The van der Waals surface area contributed by atoms with Crippen molar-refractivity contribution in [3.8, 4) is 6.07 Å². The largest absolute Gasteiger partial charge is 0.311 e. The third kappa shape index (κ3) is 2.57. The van der Waals surface area contributed by atoms with Gasteiger partial charge < -0.3 is 5.32 Å². The van der Waals surface area contributed by atoms with Crippen LogP contribution in [0.15, 0.2) is 23.1 Å². The van der Waals surface area contributed by atoms with Gasteiger partial charge in [-0.2, -0.15) is 9.57 Å².